The molecule has 0 fully saturated rings. The lowest BCUT2D eigenvalue weighted by molar-refractivity contribution is -0.387. The van der Waals surface area contributed by atoms with Crippen molar-refractivity contribution in [2.24, 2.45) is 0 Å². The fourth-order valence-electron chi connectivity index (χ4n) is 1.12. The van der Waals surface area contributed by atoms with Gasteiger partial charge in [0.25, 0.3) is 0 Å². The van der Waals surface area contributed by atoms with Crippen LogP contribution in [0.1, 0.15) is 31.1 Å². The molecule has 1 aromatic rings. The Morgan fingerprint density at radius 2 is 2.00 bits per heavy atom. The van der Waals surface area contributed by atoms with Crippen molar-refractivity contribution in [2.75, 3.05) is 0 Å². The first kappa shape index (κ1) is 13.1. The third kappa shape index (κ3) is 3.51. The molecule has 0 aliphatic rings. The first-order valence-corrected chi connectivity index (χ1v) is 4.88. The van der Waals surface area contributed by atoms with Crippen LogP contribution in [-0.4, -0.2) is 16.5 Å². The maximum absolute atomic E-state index is 13.2. The first-order valence-electron chi connectivity index (χ1n) is 4.88. The van der Waals surface area contributed by atoms with E-state index < -0.39 is 28.0 Å². The van der Waals surface area contributed by atoms with E-state index in [1.807, 2.05) is 0 Å². The fraction of sp³-hybridized carbons (Fsp3) is 0.364. The molecule has 6 heteroatoms. The predicted molar refractivity (Wildman–Crippen MR) is 58.2 cm³/mol. The van der Waals surface area contributed by atoms with Gasteiger partial charge in [0.2, 0.25) is 5.82 Å². The standard InChI is InChI=1S/C11H12FNO4/c1-11(2,3)17-10(14)7-4-5-9(13(15)16)8(12)6-7/h4-6H,1-3H3. The molecular formula is C11H12FNO4. The number of ether oxygens (including phenoxy) is 1. The van der Waals surface area contributed by atoms with Crippen LogP contribution >= 0.6 is 0 Å². The summed E-state index contributed by atoms with van der Waals surface area (Å²) in [6.07, 6.45) is 0. The van der Waals surface area contributed by atoms with Gasteiger partial charge in [0.1, 0.15) is 5.60 Å². The van der Waals surface area contributed by atoms with Gasteiger partial charge < -0.3 is 4.74 Å². The predicted octanol–water partition coefficient (Wildman–Crippen LogP) is 2.69. The van der Waals surface area contributed by atoms with E-state index in [-0.39, 0.29) is 5.56 Å². The van der Waals surface area contributed by atoms with Gasteiger partial charge in [-0.2, -0.15) is 4.39 Å². The summed E-state index contributed by atoms with van der Waals surface area (Å²) in [5.74, 6) is -1.77. The summed E-state index contributed by atoms with van der Waals surface area (Å²) in [7, 11) is 0. The molecule has 1 rings (SSSR count). The van der Waals surface area contributed by atoms with Crippen LogP contribution in [0.25, 0.3) is 0 Å². The number of rotatable bonds is 2. The second kappa shape index (κ2) is 4.48. The summed E-state index contributed by atoms with van der Waals surface area (Å²) in [6.45, 7) is 5.02. The maximum atomic E-state index is 13.2. The van der Waals surface area contributed by atoms with Gasteiger partial charge in [-0.3, -0.25) is 10.1 Å². The molecule has 0 atom stereocenters. The Morgan fingerprint density at radius 3 is 2.41 bits per heavy atom. The van der Waals surface area contributed by atoms with Crippen LogP contribution in [-0.2, 0) is 4.74 Å². The quantitative estimate of drug-likeness (QED) is 0.453. The average molecular weight is 241 g/mol. The highest BCUT2D eigenvalue weighted by atomic mass is 19.1. The Bertz CT molecular complexity index is 465. The highest BCUT2D eigenvalue weighted by Crippen LogP contribution is 2.19. The summed E-state index contributed by atoms with van der Waals surface area (Å²) in [5, 5.41) is 10.4. The molecule has 0 spiro atoms. The number of esters is 1. The van der Waals surface area contributed by atoms with Crippen molar-refractivity contribution in [1.82, 2.24) is 0 Å². The van der Waals surface area contributed by atoms with E-state index in [4.69, 9.17) is 4.74 Å². The van der Waals surface area contributed by atoms with E-state index >= 15 is 0 Å². The summed E-state index contributed by atoms with van der Waals surface area (Å²) in [5.41, 5.74) is -1.42. The Labute approximate surface area is 97.3 Å². The van der Waals surface area contributed by atoms with Crippen LogP contribution in [0.5, 0.6) is 0 Å². The molecule has 0 N–H and O–H groups in total. The van der Waals surface area contributed by atoms with Crippen LogP contribution in [0.15, 0.2) is 18.2 Å². The Balaban J connectivity index is 2.98. The summed E-state index contributed by atoms with van der Waals surface area (Å²) in [6, 6.07) is 2.90. The molecule has 5 nitrogen and oxygen atoms in total. The Kier molecular flexibility index (Phi) is 3.45. The van der Waals surface area contributed by atoms with Crippen LogP contribution < -0.4 is 0 Å². The van der Waals surface area contributed by atoms with Gasteiger partial charge in [-0.05, 0) is 32.9 Å². The topological polar surface area (TPSA) is 69.4 Å². The van der Waals surface area contributed by atoms with Crippen molar-refractivity contribution in [1.29, 1.82) is 0 Å². The number of nitro benzene ring substituents is 1. The zero-order valence-corrected chi connectivity index (χ0v) is 9.69. The molecule has 0 amide bonds. The summed E-state index contributed by atoms with van der Waals surface area (Å²) >= 11 is 0. The monoisotopic (exact) mass is 241 g/mol. The zero-order chi connectivity index (χ0) is 13.2. The van der Waals surface area contributed by atoms with Gasteiger partial charge in [0.05, 0.1) is 10.5 Å². The number of benzene rings is 1. The minimum Gasteiger partial charge on any atom is -0.456 e. The van der Waals surface area contributed by atoms with Crippen LogP contribution in [0.3, 0.4) is 0 Å². The van der Waals surface area contributed by atoms with Gasteiger partial charge in [0.15, 0.2) is 0 Å². The molecule has 0 aromatic heterocycles. The summed E-state index contributed by atoms with van der Waals surface area (Å²) < 4.78 is 18.2. The second-order valence-electron chi connectivity index (χ2n) is 4.43. The lowest BCUT2D eigenvalue weighted by Gasteiger charge is -2.19. The van der Waals surface area contributed by atoms with Crippen molar-refractivity contribution < 1.29 is 18.8 Å². The van der Waals surface area contributed by atoms with Gasteiger partial charge in [-0.1, -0.05) is 0 Å². The van der Waals surface area contributed by atoms with Gasteiger partial charge in [-0.15, -0.1) is 0 Å². The smallest absolute Gasteiger partial charge is 0.338 e. The largest absolute Gasteiger partial charge is 0.456 e. The third-order valence-electron chi connectivity index (χ3n) is 1.78. The number of hydrogen-bond donors (Lipinski definition) is 0. The molecule has 0 heterocycles. The van der Waals surface area contributed by atoms with E-state index in [9.17, 15) is 19.3 Å². The number of halogens is 1. The van der Waals surface area contributed by atoms with Crippen molar-refractivity contribution >= 4 is 11.7 Å². The van der Waals surface area contributed by atoms with E-state index in [2.05, 4.69) is 0 Å². The lowest BCUT2D eigenvalue weighted by Crippen LogP contribution is -2.23. The van der Waals surface area contributed by atoms with E-state index in [0.29, 0.717) is 0 Å². The molecule has 1 aromatic carbocycles. The molecular weight excluding hydrogens is 229 g/mol. The molecule has 0 aliphatic heterocycles. The molecule has 92 valence electrons. The number of carbonyl (C=O) groups excluding carboxylic acids is 1. The van der Waals surface area contributed by atoms with E-state index in [1.165, 1.54) is 0 Å². The molecule has 0 saturated carbocycles. The lowest BCUT2D eigenvalue weighted by atomic mass is 10.1. The second-order valence-corrected chi connectivity index (χ2v) is 4.43. The number of nitrogens with zero attached hydrogens (tertiary/aromatic N) is 1. The molecule has 0 radical (unpaired) electrons. The molecule has 0 bridgehead atoms. The minimum absolute atomic E-state index is 0.0528. The molecule has 0 saturated heterocycles. The van der Waals surface area contributed by atoms with E-state index in [1.54, 1.807) is 20.8 Å². The SMILES string of the molecule is CC(C)(C)OC(=O)c1ccc([N+](=O)[O-])c(F)c1. The van der Waals surface area contributed by atoms with Crippen molar-refractivity contribution in [3.05, 3.63) is 39.7 Å². The van der Waals surface area contributed by atoms with Crippen molar-refractivity contribution in [3.63, 3.8) is 0 Å². The number of carbonyl (C=O) groups is 1. The van der Waals surface area contributed by atoms with Gasteiger partial charge in [0, 0.05) is 6.07 Å². The Morgan fingerprint density at radius 1 is 1.41 bits per heavy atom. The zero-order valence-electron chi connectivity index (χ0n) is 9.69. The van der Waals surface area contributed by atoms with Gasteiger partial charge >= 0.3 is 11.7 Å². The highest BCUT2D eigenvalue weighted by molar-refractivity contribution is 5.90. The van der Waals surface area contributed by atoms with Crippen molar-refractivity contribution in [2.45, 2.75) is 26.4 Å². The van der Waals surface area contributed by atoms with Gasteiger partial charge in [-0.25, -0.2) is 4.79 Å². The third-order valence-corrected chi connectivity index (χ3v) is 1.78. The first-order chi connectivity index (χ1) is 7.70. The fourth-order valence-corrected chi connectivity index (χ4v) is 1.12. The van der Waals surface area contributed by atoms with Crippen LogP contribution in [0, 0.1) is 15.9 Å². The maximum Gasteiger partial charge on any atom is 0.338 e. The summed E-state index contributed by atoms with van der Waals surface area (Å²) in [4.78, 5) is 21.1. The van der Waals surface area contributed by atoms with E-state index in [0.717, 1.165) is 18.2 Å². The minimum atomic E-state index is -1.06. The van der Waals surface area contributed by atoms with Crippen LogP contribution in [0.2, 0.25) is 0 Å². The van der Waals surface area contributed by atoms with Crippen LogP contribution in [0.4, 0.5) is 10.1 Å². The number of hydrogen-bond acceptors (Lipinski definition) is 4. The highest BCUT2D eigenvalue weighted by Gasteiger charge is 2.21. The van der Waals surface area contributed by atoms with Crippen molar-refractivity contribution in [3.8, 4) is 0 Å². The molecule has 0 unspecified atom stereocenters. The Hall–Kier alpha value is -1.98. The average Bonchev–Trinajstić information content (AvgIpc) is 2.14. The normalized spacial score (nSPS) is 11.1. The number of nitro groups is 1. The molecule has 0 aliphatic carbocycles. The molecule has 17 heavy (non-hydrogen) atoms.